The number of aromatic nitrogens is 1. The molecule has 1 amide bonds. The van der Waals surface area contributed by atoms with E-state index in [1.54, 1.807) is 24.5 Å². The Morgan fingerprint density at radius 2 is 2.44 bits per heavy atom. The molecule has 2 rings (SSSR count). The van der Waals surface area contributed by atoms with E-state index in [0.29, 0.717) is 17.8 Å². The Balaban J connectivity index is 1.95. The maximum Gasteiger partial charge on any atom is 0.263 e. The largest absolute Gasteiger partial charge is 0.393 e. The Bertz CT molecular complexity index is 506. The van der Waals surface area contributed by atoms with Gasteiger partial charge in [-0.15, -0.1) is 22.7 Å². The molecule has 2 heterocycles. The van der Waals surface area contributed by atoms with E-state index in [1.807, 2.05) is 17.5 Å². The Kier molecular flexibility index (Phi) is 4.46. The fourth-order valence-electron chi connectivity index (χ4n) is 1.37. The van der Waals surface area contributed by atoms with Crippen molar-refractivity contribution in [2.24, 2.45) is 0 Å². The van der Waals surface area contributed by atoms with Crippen LogP contribution in [0.2, 0.25) is 0 Å². The summed E-state index contributed by atoms with van der Waals surface area (Å²) in [7, 11) is 0. The van der Waals surface area contributed by atoms with Gasteiger partial charge in [-0.1, -0.05) is 6.07 Å². The number of carbonyl (C=O) groups is 1. The molecular weight excluding hydrogens is 268 g/mol. The number of rotatable bonds is 5. The Hall–Kier alpha value is -1.24. The van der Waals surface area contributed by atoms with Crippen molar-refractivity contribution in [1.29, 1.82) is 0 Å². The van der Waals surface area contributed by atoms with Crippen LogP contribution in [0.5, 0.6) is 0 Å². The molecule has 2 aromatic heterocycles. The molecule has 96 valence electrons. The van der Waals surface area contributed by atoms with Crippen molar-refractivity contribution in [2.75, 3.05) is 6.54 Å². The zero-order valence-electron chi connectivity index (χ0n) is 9.92. The topological polar surface area (TPSA) is 62.2 Å². The van der Waals surface area contributed by atoms with Crippen LogP contribution < -0.4 is 5.32 Å². The van der Waals surface area contributed by atoms with Crippen LogP contribution in [-0.4, -0.2) is 28.6 Å². The van der Waals surface area contributed by atoms with Gasteiger partial charge in [0.05, 0.1) is 17.2 Å². The molecular formula is C12H14N2O2S2. The molecule has 4 nitrogen and oxygen atoms in total. The van der Waals surface area contributed by atoms with Gasteiger partial charge in [-0.05, 0) is 24.8 Å². The zero-order valence-corrected chi connectivity index (χ0v) is 11.6. The number of thiazole rings is 1. The first-order valence-corrected chi connectivity index (χ1v) is 7.32. The third kappa shape index (κ3) is 3.38. The van der Waals surface area contributed by atoms with Crippen molar-refractivity contribution >= 4 is 28.6 Å². The van der Waals surface area contributed by atoms with Gasteiger partial charge in [0.25, 0.3) is 5.91 Å². The number of amides is 1. The van der Waals surface area contributed by atoms with E-state index in [1.165, 1.54) is 11.3 Å². The molecule has 0 saturated heterocycles. The van der Waals surface area contributed by atoms with Crippen LogP contribution in [0.4, 0.5) is 0 Å². The predicted octanol–water partition coefficient (Wildman–Crippen LogP) is 2.37. The average Bonchev–Trinajstić information content (AvgIpc) is 2.99. The molecule has 2 N–H and O–H groups in total. The number of carbonyl (C=O) groups excluding carboxylic acids is 1. The van der Waals surface area contributed by atoms with Gasteiger partial charge in [-0.25, -0.2) is 4.98 Å². The molecule has 1 atom stereocenters. The third-order valence-electron chi connectivity index (χ3n) is 2.31. The lowest BCUT2D eigenvalue weighted by atomic mass is 10.3. The number of aliphatic hydroxyl groups is 1. The normalized spacial score (nSPS) is 12.3. The molecule has 0 aliphatic rings. The highest BCUT2D eigenvalue weighted by Gasteiger charge is 2.11. The number of nitrogens with zero attached hydrogens (tertiary/aromatic N) is 1. The summed E-state index contributed by atoms with van der Waals surface area (Å²) < 4.78 is 0. The molecule has 0 radical (unpaired) electrons. The molecule has 6 heteroatoms. The predicted molar refractivity (Wildman–Crippen MR) is 74.1 cm³/mol. The van der Waals surface area contributed by atoms with Gasteiger partial charge in [0, 0.05) is 6.54 Å². The maximum atomic E-state index is 11.8. The lowest BCUT2D eigenvalue weighted by Gasteiger charge is -2.04. The second kappa shape index (κ2) is 6.08. The van der Waals surface area contributed by atoms with Crippen molar-refractivity contribution in [3.05, 3.63) is 28.6 Å². The minimum Gasteiger partial charge on any atom is -0.393 e. The van der Waals surface area contributed by atoms with E-state index in [-0.39, 0.29) is 5.91 Å². The third-order valence-corrected chi connectivity index (χ3v) is 4.34. The van der Waals surface area contributed by atoms with Crippen LogP contribution in [0.15, 0.2) is 23.7 Å². The van der Waals surface area contributed by atoms with Crippen molar-refractivity contribution < 1.29 is 9.90 Å². The fourth-order valence-corrected chi connectivity index (χ4v) is 3.01. The van der Waals surface area contributed by atoms with Gasteiger partial charge in [-0.2, -0.15) is 0 Å². The molecule has 0 spiro atoms. The summed E-state index contributed by atoms with van der Waals surface area (Å²) >= 11 is 2.99. The fraction of sp³-hybridized carbons (Fsp3) is 0.333. The first-order valence-electron chi connectivity index (χ1n) is 5.63. The Morgan fingerprint density at radius 3 is 3.11 bits per heavy atom. The average molecular weight is 282 g/mol. The molecule has 2 aromatic rings. The van der Waals surface area contributed by atoms with Gasteiger partial charge >= 0.3 is 0 Å². The van der Waals surface area contributed by atoms with Crippen LogP contribution in [0, 0.1) is 0 Å². The highest BCUT2D eigenvalue weighted by molar-refractivity contribution is 7.21. The van der Waals surface area contributed by atoms with Crippen LogP contribution in [0.3, 0.4) is 0 Å². The van der Waals surface area contributed by atoms with Gasteiger partial charge in [-0.3, -0.25) is 4.79 Å². The van der Waals surface area contributed by atoms with Crippen molar-refractivity contribution in [3.63, 3.8) is 0 Å². The number of thiophene rings is 1. The highest BCUT2D eigenvalue weighted by Crippen LogP contribution is 2.28. The summed E-state index contributed by atoms with van der Waals surface area (Å²) in [6.45, 7) is 2.18. The SMILES string of the molecule is CC(O)CCNC(=O)c1cnc(-c2cccs2)s1. The molecule has 0 saturated carbocycles. The van der Waals surface area contributed by atoms with Crippen LogP contribution >= 0.6 is 22.7 Å². The van der Waals surface area contributed by atoms with E-state index < -0.39 is 6.10 Å². The summed E-state index contributed by atoms with van der Waals surface area (Å²) in [5.74, 6) is -0.129. The minimum absolute atomic E-state index is 0.129. The maximum absolute atomic E-state index is 11.8. The summed E-state index contributed by atoms with van der Waals surface area (Å²) in [5, 5.41) is 14.7. The summed E-state index contributed by atoms with van der Waals surface area (Å²) in [6.07, 6.45) is 1.76. The number of aliphatic hydroxyl groups excluding tert-OH is 1. The molecule has 18 heavy (non-hydrogen) atoms. The second-order valence-corrected chi connectivity index (χ2v) is 5.88. The number of nitrogens with one attached hydrogen (secondary N) is 1. The molecule has 0 aliphatic heterocycles. The van der Waals surface area contributed by atoms with E-state index in [9.17, 15) is 4.79 Å². The van der Waals surface area contributed by atoms with Crippen molar-refractivity contribution in [2.45, 2.75) is 19.4 Å². The quantitative estimate of drug-likeness (QED) is 0.885. The Labute approximate surface area is 113 Å². The number of hydrogen-bond donors (Lipinski definition) is 2. The zero-order chi connectivity index (χ0) is 13.0. The molecule has 0 fully saturated rings. The smallest absolute Gasteiger partial charge is 0.263 e. The molecule has 0 aromatic carbocycles. The van der Waals surface area contributed by atoms with Crippen LogP contribution in [0.25, 0.3) is 9.88 Å². The van der Waals surface area contributed by atoms with E-state index in [2.05, 4.69) is 10.3 Å². The summed E-state index contributed by atoms with van der Waals surface area (Å²) in [6, 6.07) is 3.95. The first-order chi connectivity index (χ1) is 8.66. The van der Waals surface area contributed by atoms with E-state index in [4.69, 9.17) is 5.11 Å². The van der Waals surface area contributed by atoms with Gasteiger partial charge < -0.3 is 10.4 Å². The minimum atomic E-state index is -0.395. The summed E-state index contributed by atoms with van der Waals surface area (Å²) in [5.41, 5.74) is 0. The second-order valence-electron chi connectivity index (χ2n) is 3.90. The van der Waals surface area contributed by atoms with E-state index >= 15 is 0 Å². The molecule has 1 unspecified atom stereocenters. The van der Waals surface area contributed by atoms with E-state index in [0.717, 1.165) is 9.88 Å². The summed E-state index contributed by atoms with van der Waals surface area (Å²) in [4.78, 5) is 17.7. The lowest BCUT2D eigenvalue weighted by Crippen LogP contribution is -2.25. The highest BCUT2D eigenvalue weighted by atomic mass is 32.1. The van der Waals surface area contributed by atoms with Crippen molar-refractivity contribution in [3.8, 4) is 9.88 Å². The van der Waals surface area contributed by atoms with Gasteiger partial charge in [0.2, 0.25) is 0 Å². The first kappa shape index (κ1) is 13.2. The Morgan fingerprint density at radius 1 is 1.61 bits per heavy atom. The standard InChI is InChI=1S/C12H14N2O2S2/c1-8(15)4-5-13-11(16)10-7-14-12(18-10)9-3-2-6-17-9/h2-3,6-8,15H,4-5H2,1H3,(H,13,16). The van der Waals surface area contributed by atoms with Crippen molar-refractivity contribution in [1.82, 2.24) is 10.3 Å². The lowest BCUT2D eigenvalue weighted by molar-refractivity contribution is 0.0949. The molecule has 0 bridgehead atoms. The van der Waals surface area contributed by atoms with Gasteiger partial charge in [0.1, 0.15) is 9.88 Å². The van der Waals surface area contributed by atoms with Crippen LogP contribution in [-0.2, 0) is 0 Å². The molecule has 0 aliphatic carbocycles. The van der Waals surface area contributed by atoms with Gasteiger partial charge in [0.15, 0.2) is 0 Å². The van der Waals surface area contributed by atoms with Crippen LogP contribution in [0.1, 0.15) is 23.0 Å². The number of hydrogen-bond acceptors (Lipinski definition) is 5. The monoisotopic (exact) mass is 282 g/mol.